The van der Waals surface area contributed by atoms with E-state index in [0.717, 1.165) is 91.4 Å². The first-order valence-electron chi connectivity index (χ1n) is 18.3. The summed E-state index contributed by atoms with van der Waals surface area (Å²) in [7, 11) is 0. The fourth-order valence-electron chi connectivity index (χ4n) is 9.35. The van der Waals surface area contributed by atoms with Crippen LogP contribution >= 0.6 is 0 Å². The number of anilines is 1. The van der Waals surface area contributed by atoms with Gasteiger partial charge in [0, 0.05) is 53.8 Å². The Bertz CT molecular complexity index is 1960. The Hall–Kier alpha value is -3.89. The Labute approximate surface area is 287 Å². The quantitative estimate of drug-likeness (QED) is 0.312. The van der Waals surface area contributed by atoms with Gasteiger partial charge < -0.3 is 19.9 Å². The van der Waals surface area contributed by atoms with Gasteiger partial charge in [0.25, 0.3) is 0 Å². The number of halogens is 1. The van der Waals surface area contributed by atoms with Gasteiger partial charge in [0.15, 0.2) is 0 Å². The highest BCUT2D eigenvalue weighted by Crippen LogP contribution is 2.46. The molecule has 10 heteroatoms. The summed E-state index contributed by atoms with van der Waals surface area (Å²) in [5.41, 5.74) is 6.00. The monoisotopic (exact) mass is 665 g/mol. The van der Waals surface area contributed by atoms with Gasteiger partial charge in [-0.25, -0.2) is 4.39 Å². The van der Waals surface area contributed by atoms with Crippen molar-refractivity contribution in [2.45, 2.75) is 103 Å². The molecule has 2 bridgehead atoms. The lowest BCUT2D eigenvalue weighted by Gasteiger charge is -2.37. The van der Waals surface area contributed by atoms with Gasteiger partial charge in [-0.15, -0.1) is 0 Å². The zero-order valence-corrected chi connectivity index (χ0v) is 29.5. The summed E-state index contributed by atoms with van der Waals surface area (Å²) in [5, 5.41) is 5.18. The van der Waals surface area contributed by atoms with E-state index < -0.39 is 0 Å². The van der Waals surface area contributed by atoms with Crippen molar-refractivity contribution in [2.75, 3.05) is 37.7 Å². The van der Waals surface area contributed by atoms with Crippen molar-refractivity contribution in [3.05, 3.63) is 63.0 Å². The largest absolute Gasteiger partial charge is 0.461 e. The van der Waals surface area contributed by atoms with Gasteiger partial charge >= 0.3 is 6.01 Å². The maximum Gasteiger partial charge on any atom is 0.319 e. The highest BCUT2D eigenvalue weighted by atomic mass is 19.1. The van der Waals surface area contributed by atoms with Crippen molar-refractivity contribution in [2.24, 2.45) is 4.99 Å². The molecule has 0 amide bonds. The van der Waals surface area contributed by atoms with Gasteiger partial charge in [-0.1, -0.05) is 19.1 Å². The van der Waals surface area contributed by atoms with Crippen molar-refractivity contribution >= 4 is 39.0 Å². The molecule has 49 heavy (non-hydrogen) atoms. The van der Waals surface area contributed by atoms with Crippen LogP contribution in [0.5, 0.6) is 6.01 Å². The number of ether oxygens (including phenoxy) is 1. The summed E-state index contributed by atoms with van der Waals surface area (Å²) in [4.78, 5) is 37.1. The van der Waals surface area contributed by atoms with Gasteiger partial charge in [-0.3, -0.25) is 14.7 Å². The number of aryl methyl sites for hydroxylation is 1. The third-order valence-electron chi connectivity index (χ3n) is 11.5. The van der Waals surface area contributed by atoms with Crippen LogP contribution in [0.1, 0.15) is 95.7 Å². The number of benzene rings is 1. The number of aliphatic imine (C=N–C) groups is 1. The van der Waals surface area contributed by atoms with Crippen LogP contribution in [0.25, 0.3) is 27.5 Å². The van der Waals surface area contributed by atoms with E-state index in [1.54, 1.807) is 12.1 Å². The molecule has 2 unspecified atom stereocenters. The molecular weight excluding hydrogens is 617 g/mol. The van der Waals surface area contributed by atoms with Crippen molar-refractivity contribution in [3.63, 3.8) is 0 Å². The minimum Gasteiger partial charge on any atom is -0.461 e. The second-order valence-corrected chi connectivity index (χ2v) is 14.9. The van der Waals surface area contributed by atoms with Crippen LogP contribution < -0.4 is 20.5 Å². The number of hydrogen-bond donors (Lipinski definition) is 2. The summed E-state index contributed by atoms with van der Waals surface area (Å²) in [5.74, 6) is 0.590. The number of nitrogens with one attached hydrogen (secondary N) is 2. The minimum absolute atomic E-state index is 0.0413. The number of aromatic nitrogens is 3. The van der Waals surface area contributed by atoms with Gasteiger partial charge in [0.2, 0.25) is 5.56 Å². The number of rotatable bonds is 7. The average Bonchev–Trinajstić information content (AvgIpc) is 3.77. The maximum atomic E-state index is 15.4. The van der Waals surface area contributed by atoms with E-state index >= 15 is 4.39 Å². The summed E-state index contributed by atoms with van der Waals surface area (Å²) < 4.78 is 22.1. The van der Waals surface area contributed by atoms with Gasteiger partial charge in [-0.05, 0) is 108 Å². The first kappa shape index (κ1) is 32.3. The highest BCUT2D eigenvalue weighted by Gasteiger charge is 2.45. The number of hydrogen-bond acceptors (Lipinski definition) is 8. The van der Waals surface area contributed by atoms with Crippen molar-refractivity contribution in [3.8, 4) is 6.01 Å². The Kier molecular flexibility index (Phi) is 8.22. The van der Waals surface area contributed by atoms with E-state index in [1.165, 1.54) is 18.9 Å². The summed E-state index contributed by atoms with van der Waals surface area (Å²) in [6.07, 6.45) is 9.54. The maximum absolute atomic E-state index is 15.4. The predicted octanol–water partition coefficient (Wildman–Crippen LogP) is 6.16. The lowest BCUT2D eigenvalue weighted by molar-refractivity contribution is 0.107. The molecule has 4 aliphatic heterocycles. The molecular formula is C39H48FN7O2. The molecule has 258 valence electrons. The third-order valence-corrected chi connectivity index (χ3v) is 11.5. The molecule has 5 aliphatic rings. The Morgan fingerprint density at radius 3 is 2.55 bits per heavy atom. The second-order valence-electron chi connectivity index (χ2n) is 14.9. The molecule has 1 aliphatic carbocycles. The number of piperazine rings is 1. The number of nitrogens with zero attached hydrogens (tertiary/aromatic N) is 5. The SMILES string of the molecule is C/C=C1\C(=NC(C)C)C(c2[nH]c(=O)cc3ccc(F)c(CC)c23)=C(C)c2nc(OCC34CCCN3CCC4)nc(N3CC4CCC(C3)N4)c21. The zero-order chi connectivity index (χ0) is 34.0. The van der Waals surface area contributed by atoms with E-state index in [9.17, 15) is 4.79 Å². The Morgan fingerprint density at radius 1 is 1.14 bits per heavy atom. The Balaban J connectivity index is 1.37. The molecule has 0 saturated carbocycles. The zero-order valence-electron chi connectivity index (χ0n) is 29.5. The number of aromatic amines is 1. The van der Waals surface area contributed by atoms with Crippen molar-refractivity contribution in [1.29, 1.82) is 0 Å². The topological polar surface area (TPSA) is 98.7 Å². The van der Waals surface area contributed by atoms with Gasteiger partial charge in [0.1, 0.15) is 18.2 Å². The number of allylic oxidation sites excluding steroid dienone is 4. The molecule has 3 aromatic rings. The smallest absolute Gasteiger partial charge is 0.319 e. The average molecular weight is 666 g/mol. The number of pyridine rings is 1. The lowest BCUT2D eigenvalue weighted by Crippen LogP contribution is -2.51. The summed E-state index contributed by atoms with van der Waals surface area (Å²) >= 11 is 0. The van der Waals surface area contributed by atoms with Crippen LogP contribution in [-0.4, -0.2) is 82.0 Å². The summed E-state index contributed by atoms with van der Waals surface area (Å²) in [6.45, 7) is 14.7. The first-order valence-corrected chi connectivity index (χ1v) is 18.3. The minimum atomic E-state index is -0.285. The van der Waals surface area contributed by atoms with E-state index in [1.807, 2.05) is 13.8 Å². The fourth-order valence-corrected chi connectivity index (χ4v) is 9.35. The Morgan fingerprint density at radius 2 is 1.88 bits per heavy atom. The second kappa shape index (κ2) is 12.5. The molecule has 8 rings (SSSR count). The van der Waals surface area contributed by atoms with Crippen molar-refractivity contribution < 1.29 is 9.13 Å². The van der Waals surface area contributed by atoms with Crippen LogP contribution in [-0.2, 0) is 6.42 Å². The van der Waals surface area contributed by atoms with Gasteiger partial charge in [0.05, 0.1) is 28.2 Å². The van der Waals surface area contributed by atoms with Crippen LogP contribution in [0.2, 0.25) is 0 Å². The van der Waals surface area contributed by atoms with E-state index in [0.29, 0.717) is 53.2 Å². The normalized spacial score (nSPS) is 24.9. The van der Waals surface area contributed by atoms with E-state index in [4.69, 9.17) is 19.7 Å². The molecule has 4 saturated heterocycles. The summed E-state index contributed by atoms with van der Waals surface area (Å²) in [6, 6.07) is 5.88. The predicted molar refractivity (Wildman–Crippen MR) is 195 cm³/mol. The fraction of sp³-hybridized carbons (Fsp3) is 0.538. The van der Waals surface area contributed by atoms with Crippen molar-refractivity contribution in [1.82, 2.24) is 25.2 Å². The molecule has 9 nitrogen and oxygen atoms in total. The first-order chi connectivity index (χ1) is 23.7. The molecule has 2 N–H and O–H groups in total. The molecule has 0 spiro atoms. The van der Waals surface area contributed by atoms with Crippen LogP contribution in [0.4, 0.5) is 10.2 Å². The molecule has 1 aromatic carbocycles. The lowest BCUT2D eigenvalue weighted by atomic mass is 9.80. The molecule has 2 atom stereocenters. The highest BCUT2D eigenvalue weighted by molar-refractivity contribution is 6.51. The van der Waals surface area contributed by atoms with Crippen LogP contribution in [0, 0.1) is 5.82 Å². The van der Waals surface area contributed by atoms with Gasteiger partial charge in [-0.2, -0.15) is 9.97 Å². The third kappa shape index (κ3) is 5.42. The molecule has 4 fully saturated rings. The van der Waals surface area contributed by atoms with E-state index in [2.05, 4.69) is 46.9 Å². The molecule has 6 heterocycles. The van der Waals surface area contributed by atoms with E-state index in [-0.39, 0.29) is 23.0 Å². The standard InChI is InChI=1S/C39H48FN7O2/c1-6-27-29(40)13-10-24-18-30(48)43-36(32(24)27)31-23(5)34-33(28(7-2)35(31)41-22(3)4)37(46-19-25-11-12-26(20-46)42-25)45-38(44-34)49-21-39-14-8-16-47(39)17-9-15-39/h7,10,13,18,22,25-26,42H,6,8-9,11-12,14-17,19-21H2,1-5H3,(H,43,48)/b28-7-,41-35?. The van der Waals surface area contributed by atoms with Crippen LogP contribution in [0.3, 0.4) is 0 Å². The molecule has 2 aromatic heterocycles. The number of H-pyrrole nitrogens is 1. The number of fused-ring (bicyclic) bond motifs is 5. The molecule has 0 radical (unpaired) electrons. The van der Waals surface area contributed by atoms with Crippen LogP contribution in [0.15, 0.2) is 34.1 Å².